The van der Waals surface area contributed by atoms with E-state index in [9.17, 15) is 14.4 Å². The summed E-state index contributed by atoms with van der Waals surface area (Å²) in [6.45, 7) is 2.70. The minimum absolute atomic E-state index is 0.0530. The molecule has 3 fully saturated rings. The van der Waals surface area contributed by atoms with Crippen LogP contribution >= 0.6 is 0 Å². The molecule has 8 heteroatoms. The summed E-state index contributed by atoms with van der Waals surface area (Å²) in [5.41, 5.74) is 2.53. The predicted molar refractivity (Wildman–Crippen MR) is 131 cm³/mol. The first-order chi connectivity index (χ1) is 17.6. The Morgan fingerprint density at radius 3 is 2.56 bits per heavy atom. The molecule has 2 atom stereocenters. The normalized spacial score (nSPS) is 24.7. The molecule has 2 aromatic carbocycles. The molecule has 0 aromatic heterocycles. The molecular weight excluding hydrogens is 458 g/mol. The van der Waals surface area contributed by atoms with Crippen molar-refractivity contribution in [3.05, 3.63) is 53.1 Å². The molecule has 3 amide bonds. The van der Waals surface area contributed by atoms with E-state index in [2.05, 4.69) is 9.80 Å². The molecule has 1 aliphatic carbocycles. The van der Waals surface area contributed by atoms with Crippen LogP contribution in [0.5, 0.6) is 11.5 Å². The van der Waals surface area contributed by atoms with E-state index in [1.165, 1.54) is 17.7 Å². The summed E-state index contributed by atoms with van der Waals surface area (Å²) in [6.07, 6.45) is 5.16. The number of carbonyl (C=O) groups is 3. The van der Waals surface area contributed by atoms with Gasteiger partial charge in [0.1, 0.15) is 0 Å². The number of piperidine rings is 2. The Hall–Kier alpha value is -3.55. The number of amides is 3. The molecule has 1 saturated carbocycles. The molecule has 4 aliphatic heterocycles. The SMILES string of the molecule is O=C1c2cccc(N3CCC(C(=O)N4C[C@H]5CC[C@H]4C5)CC3)c2C(=O)N1Cc1ccc2c(c1)OCO2. The molecule has 186 valence electrons. The third-order valence-electron chi connectivity index (χ3n) is 8.63. The van der Waals surface area contributed by atoms with Gasteiger partial charge in [-0.3, -0.25) is 19.3 Å². The van der Waals surface area contributed by atoms with Crippen molar-refractivity contribution in [2.24, 2.45) is 11.8 Å². The zero-order valence-electron chi connectivity index (χ0n) is 20.2. The Morgan fingerprint density at radius 1 is 0.944 bits per heavy atom. The van der Waals surface area contributed by atoms with Gasteiger partial charge in [-0.15, -0.1) is 0 Å². The van der Waals surface area contributed by atoms with E-state index < -0.39 is 0 Å². The molecule has 8 nitrogen and oxygen atoms in total. The van der Waals surface area contributed by atoms with Crippen molar-refractivity contribution in [1.82, 2.24) is 9.80 Å². The molecule has 0 spiro atoms. The van der Waals surface area contributed by atoms with E-state index >= 15 is 0 Å². The van der Waals surface area contributed by atoms with Gasteiger partial charge in [0.2, 0.25) is 12.7 Å². The summed E-state index contributed by atoms with van der Waals surface area (Å²) in [4.78, 5) is 45.5. The fourth-order valence-corrected chi connectivity index (χ4v) is 6.74. The quantitative estimate of drug-likeness (QED) is 0.615. The maximum absolute atomic E-state index is 13.5. The lowest BCUT2D eigenvalue weighted by atomic mass is 9.93. The standard InChI is InChI=1S/C28H29N3O5/c32-26(30-14-17-4-6-20(30)12-17)19-8-10-29(11-9-19)22-3-1-2-21-25(22)28(34)31(27(21)33)15-18-5-7-23-24(13-18)36-16-35-23/h1-3,5,7,13,17,19-20H,4,6,8-12,14-16H2/t17-,20-/m0/s1. The molecule has 0 unspecified atom stereocenters. The van der Waals surface area contributed by atoms with Crippen molar-refractivity contribution in [3.63, 3.8) is 0 Å². The number of carbonyl (C=O) groups excluding carboxylic acids is 3. The number of fused-ring (bicyclic) bond motifs is 4. The summed E-state index contributed by atoms with van der Waals surface area (Å²) in [5.74, 6) is 1.83. The highest BCUT2D eigenvalue weighted by Gasteiger charge is 2.43. The van der Waals surface area contributed by atoms with Gasteiger partial charge in [0.25, 0.3) is 11.8 Å². The van der Waals surface area contributed by atoms with Crippen LogP contribution in [-0.4, -0.2) is 60.0 Å². The first-order valence-electron chi connectivity index (χ1n) is 13.0. The van der Waals surface area contributed by atoms with E-state index in [0.717, 1.165) is 37.1 Å². The lowest BCUT2D eigenvalue weighted by Gasteiger charge is -2.37. The maximum Gasteiger partial charge on any atom is 0.263 e. The first-order valence-corrected chi connectivity index (χ1v) is 13.0. The van der Waals surface area contributed by atoms with Crippen LogP contribution in [0.4, 0.5) is 5.69 Å². The number of ether oxygens (including phenoxy) is 2. The molecule has 0 N–H and O–H groups in total. The van der Waals surface area contributed by atoms with Crippen LogP contribution in [0.3, 0.4) is 0 Å². The second kappa shape index (κ2) is 8.25. The molecule has 2 saturated heterocycles. The molecule has 0 radical (unpaired) electrons. The van der Waals surface area contributed by atoms with E-state index in [0.29, 0.717) is 53.6 Å². The fourth-order valence-electron chi connectivity index (χ4n) is 6.74. The van der Waals surface area contributed by atoms with Crippen molar-refractivity contribution in [3.8, 4) is 11.5 Å². The largest absolute Gasteiger partial charge is 0.454 e. The molecule has 36 heavy (non-hydrogen) atoms. The summed E-state index contributed by atoms with van der Waals surface area (Å²) in [6, 6.07) is 11.4. The van der Waals surface area contributed by atoms with Gasteiger partial charge in [0.05, 0.1) is 23.4 Å². The van der Waals surface area contributed by atoms with Gasteiger partial charge in [0.15, 0.2) is 11.5 Å². The van der Waals surface area contributed by atoms with E-state index in [4.69, 9.17) is 9.47 Å². The lowest BCUT2D eigenvalue weighted by molar-refractivity contribution is -0.137. The van der Waals surface area contributed by atoms with Crippen LogP contribution in [-0.2, 0) is 11.3 Å². The molecule has 4 heterocycles. The van der Waals surface area contributed by atoms with Crippen molar-refractivity contribution < 1.29 is 23.9 Å². The minimum atomic E-state index is -0.274. The number of nitrogens with zero attached hydrogens (tertiary/aromatic N) is 3. The average Bonchev–Trinajstić information content (AvgIpc) is 3.70. The highest BCUT2D eigenvalue weighted by atomic mass is 16.7. The van der Waals surface area contributed by atoms with Crippen LogP contribution in [0, 0.1) is 11.8 Å². The molecule has 2 bridgehead atoms. The Balaban J connectivity index is 1.07. The number of hydrogen-bond acceptors (Lipinski definition) is 6. The third-order valence-corrected chi connectivity index (χ3v) is 8.63. The smallest absolute Gasteiger partial charge is 0.263 e. The van der Waals surface area contributed by atoms with Crippen molar-refractivity contribution >= 4 is 23.4 Å². The van der Waals surface area contributed by atoms with Crippen LogP contribution in [0.15, 0.2) is 36.4 Å². The first kappa shape index (κ1) is 21.7. The van der Waals surface area contributed by atoms with Gasteiger partial charge in [-0.05, 0) is 67.9 Å². The Morgan fingerprint density at radius 2 is 1.78 bits per heavy atom. The second-order valence-corrected chi connectivity index (χ2v) is 10.7. The highest BCUT2D eigenvalue weighted by Crippen LogP contribution is 2.40. The highest BCUT2D eigenvalue weighted by molar-refractivity contribution is 6.23. The van der Waals surface area contributed by atoms with Crippen LogP contribution in [0.2, 0.25) is 0 Å². The van der Waals surface area contributed by atoms with Crippen LogP contribution < -0.4 is 14.4 Å². The second-order valence-electron chi connectivity index (χ2n) is 10.7. The van der Waals surface area contributed by atoms with Crippen molar-refractivity contribution in [1.29, 1.82) is 0 Å². The van der Waals surface area contributed by atoms with Crippen molar-refractivity contribution in [2.75, 3.05) is 31.3 Å². The van der Waals surface area contributed by atoms with Gasteiger partial charge < -0.3 is 19.3 Å². The Kier molecular flexibility index (Phi) is 4.98. The number of imide groups is 1. The average molecular weight is 488 g/mol. The number of likely N-dealkylation sites (tertiary alicyclic amines) is 1. The van der Waals surface area contributed by atoms with Crippen LogP contribution in [0.25, 0.3) is 0 Å². The zero-order valence-corrected chi connectivity index (χ0v) is 20.2. The number of hydrogen-bond donors (Lipinski definition) is 0. The summed E-state index contributed by atoms with van der Waals surface area (Å²) in [5, 5.41) is 0. The van der Waals surface area contributed by atoms with Gasteiger partial charge in [-0.25, -0.2) is 0 Å². The Bertz CT molecular complexity index is 1270. The van der Waals surface area contributed by atoms with E-state index in [1.807, 2.05) is 24.3 Å². The topological polar surface area (TPSA) is 79.4 Å². The Labute approximate surface area is 209 Å². The minimum Gasteiger partial charge on any atom is -0.454 e. The van der Waals surface area contributed by atoms with E-state index in [1.54, 1.807) is 12.1 Å². The monoisotopic (exact) mass is 487 g/mol. The molecule has 5 aliphatic rings. The fraction of sp³-hybridized carbons (Fsp3) is 0.464. The number of anilines is 1. The molecule has 7 rings (SSSR count). The number of benzene rings is 2. The summed E-state index contributed by atoms with van der Waals surface area (Å²) < 4.78 is 10.8. The maximum atomic E-state index is 13.5. The van der Waals surface area contributed by atoms with E-state index in [-0.39, 0.29) is 31.1 Å². The van der Waals surface area contributed by atoms with Gasteiger partial charge in [-0.1, -0.05) is 12.1 Å². The summed E-state index contributed by atoms with van der Waals surface area (Å²) in [7, 11) is 0. The summed E-state index contributed by atoms with van der Waals surface area (Å²) >= 11 is 0. The van der Waals surface area contributed by atoms with Crippen molar-refractivity contribution in [2.45, 2.75) is 44.7 Å². The zero-order chi connectivity index (χ0) is 24.4. The molecular formula is C28H29N3O5. The third kappa shape index (κ3) is 3.38. The van der Waals surface area contributed by atoms with Gasteiger partial charge >= 0.3 is 0 Å². The predicted octanol–water partition coefficient (Wildman–Crippen LogP) is 3.44. The number of rotatable bonds is 4. The lowest BCUT2D eigenvalue weighted by Crippen LogP contribution is -2.45. The van der Waals surface area contributed by atoms with Gasteiger partial charge in [-0.2, -0.15) is 0 Å². The molecule has 2 aromatic rings. The van der Waals surface area contributed by atoms with Gasteiger partial charge in [0, 0.05) is 31.6 Å². The van der Waals surface area contributed by atoms with Crippen LogP contribution in [0.1, 0.15) is 58.4 Å².